The molecule has 1 aromatic heterocycles. The number of Topliss-reactive ketones (excluding diaryl/α,β-unsaturated/α-hetero) is 1. The van der Waals surface area contributed by atoms with E-state index in [9.17, 15) is 4.79 Å². The third-order valence-corrected chi connectivity index (χ3v) is 4.12. The minimum atomic E-state index is 0.117. The fraction of sp³-hybridized carbons (Fsp3) is 0.167. The van der Waals surface area contributed by atoms with Crippen molar-refractivity contribution in [3.63, 3.8) is 0 Å². The molecular formula is C18H16ClNO. The largest absolute Gasteiger partial charge is 0.360 e. The lowest BCUT2D eigenvalue weighted by Gasteiger charge is -2.04. The van der Waals surface area contributed by atoms with Gasteiger partial charge < -0.3 is 4.98 Å². The van der Waals surface area contributed by atoms with E-state index in [2.05, 4.69) is 31.0 Å². The minimum absolute atomic E-state index is 0.117. The molecule has 0 radical (unpaired) electrons. The zero-order valence-corrected chi connectivity index (χ0v) is 12.8. The summed E-state index contributed by atoms with van der Waals surface area (Å²) in [6.07, 6.45) is 2.18. The maximum atomic E-state index is 12.5. The fourth-order valence-corrected chi connectivity index (χ4v) is 2.70. The van der Waals surface area contributed by atoms with Gasteiger partial charge >= 0.3 is 0 Å². The van der Waals surface area contributed by atoms with Crippen molar-refractivity contribution in [2.75, 3.05) is 0 Å². The standard InChI is InChI=1S/C18H16ClNO/c1-11-3-4-13(7-12(11)2)8-18(21)16-10-20-17-9-14(19)5-6-15(16)17/h3-7,9-10,20H,8H2,1-2H3. The van der Waals surface area contributed by atoms with Crippen LogP contribution < -0.4 is 0 Å². The van der Waals surface area contributed by atoms with Gasteiger partial charge in [-0.25, -0.2) is 0 Å². The Hall–Kier alpha value is -2.06. The Kier molecular flexibility index (Phi) is 3.56. The number of hydrogen-bond acceptors (Lipinski definition) is 1. The van der Waals surface area contributed by atoms with Crippen LogP contribution in [0.2, 0.25) is 5.02 Å². The predicted molar refractivity (Wildman–Crippen MR) is 87.3 cm³/mol. The summed E-state index contributed by atoms with van der Waals surface area (Å²) in [4.78, 5) is 15.6. The van der Waals surface area contributed by atoms with Gasteiger partial charge in [-0.3, -0.25) is 4.79 Å². The Bertz CT molecular complexity index is 832. The summed E-state index contributed by atoms with van der Waals surface area (Å²) in [6.45, 7) is 4.14. The molecule has 2 aromatic carbocycles. The number of H-pyrrole nitrogens is 1. The molecular weight excluding hydrogens is 282 g/mol. The van der Waals surface area contributed by atoms with Crippen LogP contribution in [0.4, 0.5) is 0 Å². The van der Waals surface area contributed by atoms with Crippen molar-refractivity contribution in [2.24, 2.45) is 0 Å². The molecule has 2 nitrogen and oxygen atoms in total. The van der Waals surface area contributed by atoms with Crippen LogP contribution in [0.25, 0.3) is 10.9 Å². The summed E-state index contributed by atoms with van der Waals surface area (Å²) in [7, 11) is 0. The second-order valence-electron chi connectivity index (χ2n) is 5.41. The summed E-state index contributed by atoms with van der Waals surface area (Å²) in [5.41, 5.74) is 5.12. The molecule has 21 heavy (non-hydrogen) atoms. The predicted octanol–water partition coefficient (Wildman–Crippen LogP) is 4.86. The van der Waals surface area contributed by atoms with Gasteiger partial charge in [-0.15, -0.1) is 0 Å². The molecule has 0 amide bonds. The lowest BCUT2D eigenvalue weighted by molar-refractivity contribution is 0.0994. The molecule has 0 fully saturated rings. The summed E-state index contributed by atoms with van der Waals surface area (Å²) < 4.78 is 0. The number of rotatable bonds is 3. The molecule has 3 aromatic rings. The lowest BCUT2D eigenvalue weighted by atomic mass is 9.99. The van der Waals surface area contributed by atoms with Crippen LogP contribution >= 0.6 is 11.6 Å². The van der Waals surface area contributed by atoms with Gasteiger partial charge in [0.1, 0.15) is 0 Å². The van der Waals surface area contributed by atoms with E-state index in [4.69, 9.17) is 11.6 Å². The van der Waals surface area contributed by atoms with Crippen molar-refractivity contribution >= 4 is 28.3 Å². The fourth-order valence-electron chi connectivity index (χ4n) is 2.52. The first-order chi connectivity index (χ1) is 10.0. The molecule has 0 aliphatic heterocycles. The topological polar surface area (TPSA) is 32.9 Å². The second-order valence-corrected chi connectivity index (χ2v) is 5.85. The number of carbonyl (C=O) groups is 1. The molecule has 0 atom stereocenters. The highest BCUT2D eigenvalue weighted by Crippen LogP contribution is 2.23. The maximum absolute atomic E-state index is 12.5. The molecule has 106 valence electrons. The van der Waals surface area contributed by atoms with Gasteiger partial charge in [0, 0.05) is 34.1 Å². The van der Waals surface area contributed by atoms with Crippen molar-refractivity contribution in [3.05, 3.63) is 69.9 Å². The van der Waals surface area contributed by atoms with E-state index in [1.54, 1.807) is 6.20 Å². The molecule has 3 heteroatoms. The number of nitrogens with one attached hydrogen (secondary N) is 1. The van der Waals surface area contributed by atoms with Gasteiger partial charge in [0.15, 0.2) is 5.78 Å². The van der Waals surface area contributed by atoms with Crippen molar-refractivity contribution in [1.82, 2.24) is 4.98 Å². The first kappa shape index (κ1) is 13.9. The van der Waals surface area contributed by atoms with Gasteiger partial charge in [0.2, 0.25) is 0 Å². The van der Waals surface area contributed by atoms with E-state index >= 15 is 0 Å². The van der Waals surface area contributed by atoms with E-state index in [0.29, 0.717) is 11.4 Å². The van der Waals surface area contributed by atoms with E-state index in [-0.39, 0.29) is 5.78 Å². The van der Waals surface area contributed by atoms with Crippen LogP contribution in [0.3, 0.4) is 0 Å². The number of fused-ring (bicyclic) bond motifs is 1. The number of ketones is 1. The van der Waals surface area contributed by atoms with Crippen molar-refractivity contribution in [2.45, 2.75) is 20.3 Å². The average Bonchev–Trinajstić information content (AvgIpc) is 2.85. The molecule has 0 unspecified atom stereocenters. The number of halogens is 1. The number of aromatic nitrogens is 1. The Balaban J connectivity index is 1.91. The van der Waals surface area contributed by atoms with Crippen LogP contribution in [0.15, 0.2) is 42.6 Å². The molecule has 0 saturated heterocycles. The van der Waals surface area contributed by atoms with Crippen LogP contribution in [0, 0.1) is 13.8 Å². The molecule has 0 aliphatic carbocycles. The van der Waals surface area contributed by atoms with E-state index < -0.39 is 0 Å². The number of aromatic amines is 1. The summed E-state index contributed by atoms with van der Waals surface area (Å²) >= 11 is 5.96. The number of aryl methyl sites for hydroxylation is 2. The van der Waals surface area contributed by atoms with Crippen LogP contribution in [-0.4, -0.2) is 10.8 Å². The highest BCUT2D eigenvalue weighted by atomic mass is 35.5. The normalized spacial score (nSPS) is 11.0. The highest BCUT2D eigenvalue weighted by Gasteiger charge is 2.13. The summed E-state index contributed by atoms with van der Waals surface area (Å²) in [6, 6.07) is 11.7. The summed E-state index contributed by atoms with van der Waals surface area (Å²) in [5, 5.41) is 1.59. The molecule has 0 spiro atoms. The first-order valence-electron chi connectivity index (χ1n) is 6.90. The van der Waals surface area contributed by atoms with Crippen molar-refractivity contribution in [1.29, 1.82) is 0 Å². The van der Waals surface area contributed by atoms with Crippen molar-refractivity contribution < 1.29 is 4.79 Å². The SMILES string of the molecule is Cc1ccc(CC(=O)c2c[nH]c3cc(Cl)ccc23)cc1C. The smallest absolute Gasteiger partial charge is 0.169 e. The van der Waals surface area contributed by atoms with Crippen LogP contribution in [-0.2, 0) is 6.42 Å². The van der Waals surface area contributed by atoms with Crippen molar-refractivity contribution in [3.8, 4) is 0 Å². The third-order valence-electron chi connectivity index (χ3n) is 3.88. The summed E-state index contributed by atoms with van der Waals surface area (Å²) in [5.74, 6) is 0.117. The molecule has 0 saturated carbocycles. The zero-order chi connectivity index (χ0) is 15.0. The monoisotopic (exact) mass is 297 g/mol. The lowest BCUT2D eigenvalue weighted by Crippen LogP contribution is -2.03. The van der Waals surface area contributed by atoms with Gasteiger partial charge in [-0.05, 0) is 42.7 Å². The van der Waals surface area contributed by atoms with Gasteiger partial charge in [0.05, 0.1) is 0 Å². The highest BCUT2D eigenvalue weighted by molar-refractivity contribution is 6.31. The quantitative estimate of drug-likeness (QED) is 0.688. The Morgan fingerprint density at radius 3 is 2.67 bits per heavy atom. The van der Waals surface area contributed by atoms with Gasteiger partial charge in [-0.1, -0.05) is 35.9 Å². The molecule has 0 bridgehead atoms. The number of hydrogen-bond donors (Lipinski definition) is 1. The van der Waals surface area contributed by atoms with Gasteiger partial charge in [0.25, 0.3) is 0 Å². The Morgan fingerprint density at radius 1 is 1.10 bits per heavy atom. The van der Waals surface area contributed by atoms with E-state index in [1.807, 2.05) is 24.3 Å². The third kappa shape index (κ3) is 2.72. The van der Waals surface area contributed by atoms with Gasteiger partial charge in [-0.2, -0.15) is 0 Å². The first-order valence-corrected chi connectivity index (χ1v) is 7.28. The zero-order valence-electron chi connectivity index (χ0n) is 12.0. The molecule has 0 aliphatic rings. The Morgan fingerprint density at radius 2 is 1.90 bits per heavy atom. The Labute approximate surface area is 128 Å². The van der Waals surface area contributed by atoms with E-state index in [1.165, 1.54) is 11.1 Å². The van der Waals surface area contributed by atoms with Crippen LogP contribution in [0.1, 0.15) is 27.0 Å². The van der Waals surface area contributed by atoms with E-state index in [0.717, 1.165) is 22.0 Å². The maximum Gasteiger partial charge on any atom is 0.169 e. The van der Waals surface area contributed by atoms with Crippen LogP contribution in [0.5, 0.6) is 0 Å². The average molecular weight is 298 g/mol. The molecule has 1 heterocycles. The minimum Gasteiger partial charge on any atom is -0.360 e. The number of carbonyl (C=O) groups excluding carboxylic acids is 1. The molecule has 1 N–H and O–H groups in total. The molecule has 3 rings (SSSR count). The number of benzene rings is 2. The second kappa shape index (κ2) is 5.38.